The highest BCUT2D eigenvalue weighted by Crippen LogP contribution is 2.20. The lowest BCUT2D eigenvalue weighted by Crippen LogP contribution is -2.03. The van der Waals surface area contributed by atoms with Gasteiger partial charge >= 0.3 is 5.63 Å². The van der Waals surface area contributed by atoms with Crippen molar-refractivity contribution in [3.05, 3.63) is 83.5 Å². The summed E-state index contributed by atoms with van der Waals surface area (Å²) >= 11 is 0. The van der Waals surface area contributed by atoms with Crippen molar-refractivity contribution in [3.63, 3.8) is 0 Å². The molecule has 0 atom stereocenters. The number of rotatable bonds is 7. The van der Waals surface area contributed by atoms with Crippen molar-refractivity contribution in [2.45, 2.75) is 19.4 Å². The van der Waals surface area contributed by atoms with Gasteiger partial charge in [-0.25, -0.2) is 9.78 Å². The van der Waals surface area contributed by atoms with E-state index in [9.17, 15) is 4.79 Å². The molecule has 27 heavy (non-hydrogen) atoms. The van der Waals surface area contributed by atoms with Crippen LogP contribution < -0.4 is 10.4 Å². The number of aryl methyl sites for hydroxylation is 1. The van der Waals surface area contributed by atoms with Crippen LogP contribution in [0.5, 0.6) is 5.75 Å². The Kier molecular flexibility index (Phi) is 5.01. The number of aromatic nitrogens is 2. The Morgan fingerprint density at radius 3 is 2.74 bits per heavy atom. The van der Waals surface area contributed by atoms with E-state index in [1.165, 1.54) is 6.07 Å². The van der Waals surface area contributed by atoms with Gasteiger partial charge in [0.15, 0.2) is 0 Å². The lowest BCUT2D eigenvalue weighted by atomic mass is 10.2. The van der Waals surface area contributed by atoms with Crippen molar-refractivity contribution in [1.82, 2.24) is 9.55 Å². The maximum absolute atomic E-state index is 11.3. The number of unbranched alkanes of at least 4 members (excludes halogenated alkanes) is 1. The van der Waals surface area contributed by atoms with Gasteiger partial charge in [-0.1, -0.05) is 30.3 Å². The molecule has 0 aliphatic carbocycles. The second-order valence-electron chi connectivity index (χ2n) is 6.32. The van der Waals surface area contributed by atoms with Crippen LogP contribution in [0.2, 0.25) is 0 Å². The fourth-order valence-electron chi connectivity index (χ4n) is 3.04. The molecule has 136 valence electrons. The molecule has 0 saturated heterocycles. The summed E-state index contributed by atoms with van der Waals surface area (Å²) < 4.78 is 13.2. The summed E-state index contributed by atoms with van der Waals surface area (Å²) in [5.41, 5.74) is 1.32. The molecule has 0 aliphatic rings. The molecule has 0 amide bonds. The Morgan fingerprint density at radius 1 is 1.00 bits per heavy atom. The molecule has 0 radical (unpaired) electrons. The van der Waals surface area contributed by atoms with Gasteiger partial charge in [0.25, 0.3) is 0 Å². The standard InChI is InChI=1S/C22H20N2O3/c25-21-11-9-17-8-10-19(16-20(17)27-21)26-15-5-4-13-24-14-12-23-22(24)18-6-2-1-3-7-18/h1-3,6-12,14,16H,4-5,13,15H2. The van der Waals surface area contributed by atoms with Gasteiger partial charge in [-0.15, -0.1) is 0 Å². The van der Waals surface area contributed by atoms with Gasteiger partial charge in [0.05, 0.1) is 6.61 Å². The Labute approximate surface area is 156 Å². The van der Waals surface area contributed by atoms with Crippen molar-refractivity contribution < 1.29 is 9.15 Å². The lowest BCUT2D eigenvalue weighted by molar-refractivity contribution is 0.303. The predicted octanol–water partition coefficient (Wildman–Crippen LogP) is 4.52. The molecule has 0 saturated carbocycles. The Bertz CT molecular complexity index is 1080. The highest BCUT2D eigenvalue weighted by Gasteiger charge is 2.05. The van der Waals surface area contributed by atoms with Crippen molar-refractivity contribution >= 4 is 11.0 Å². The zero-order valence-corrected chi connectivity index (χ0v) is 14.9. The van der Waals surface area contributed by atoms with E-state index >= 15 is 0 Å². The average molecular weight is 360 g/mol. The molecular formula is C22H20N2O3. The minimum Gasteiger partial charge on any atom is -0.493 e. The highest BCUT2D eigenvalue weighted by molar-refractivity contribution is 5.77. The molecule has 2 aromatic heterocycles. The third-order valence-electron chi connectivity index (χ3n) is 4.40. The van der Waals surface area contributed by atoms with Crippen molar-refractivity contribution in [3.8, 4) is 17.1 Å². The highest BCUT2D eigenvalue weighted by atomic mass is 16.5. The van der Waals surface area contributed by atoms with Gasteiger partial charge in [0.2, 0.25) is 0 Å². The van der Waals surface area contributed by atoms with Gasteiger partial charge in [-0.2, -0.15) is 0 Å². The van der Waals surface area contributed by atoms with Crippen LogP contribution in [0, 0.1) is 0 Å². The maximum Gasteiger partial charge on any atom is 0.336 e. The summed E-state index contributed by atoms with van der Waals surface area (Å²) in [6.45, 7) is 1.50. The largest absolute Gasteiger partial charge is 0.493 e. The first kappa shape index (κ1) is 17.1. The van der Waals surface area contributed by atoms with Gasteiger partial charge in [0, 0.05) is 42.0 Å². The molecule has 0 aliphatic heterocycles. The quantitative estimate of drug-likeness (QED) is 0.359. The molecule has 0 fully saturated rings. The van der Waals surface area contributed by atoms with Gasteiger partial charge in [0.1, 0.15) is 17.2 Å². The first-order chi connectivity index (χ1) is 13.3. The third kappa shape index (κ3) is 4.08. The summed E-state index contributed by atoms with van der Waals surface area (Å²) in [4.78, 5) is 15.8. The average Bonchev–Trinajstić information content (AvgIpc) is 3.16. The number of ether oxygens (including phenoxy) is 1. The first-order valence-corrected chi connectivity index (χ1v) is 9.03. The van der Waals surface area contributed by atoms with Crippen LogP contribution >= 0.6 is 0 Å². The Balaban J connectivity index is 1.30. The van der Waals surface area contributed by atoms with Crippen molar-refractivity contribution in [2.75, 3.05) is 6.61 Å². The summed E-state index contributed by atoms with van der Waals surface area (Å²) in [5, 5.41) is 0.885. The summed E-state index contributed by atoms with van der Waals surface area (Å²) in [7, 11) is 0. The fraction of sp³-hybridized carbons (Fsp3) is 0.182. The topological polar surface area (TPSA) is 57.3 Å². The van der Waals surface area contributed by atoms with E-state index in [2.05, 4.69) is 21.7 Å². The third-order valence-corrected chi connectivity index (χ3v) is 4.40. The summed E-state index contributed by atoms with van der Waals surface area (Å²) in [6, 6.07) is 18.9. The summed E-state index contributed by atoms with van der Waals surface area (Å²) in [5.74, 6) is 1.70. The Morgan fingerprint density at radius 2 is 1.85 bits per heavy atom. The van der Waals surface area contributed by atoms with Crippen molar-refractivity contribution in [2.24, 2.45) is 0 Å². The normalized spacial score (nSPS) is 11.0. The molecule has 4 rings (SSSR count). The van der Waals surface area contributed by atoms with Gasteiger partial charge in [-0.05, 0) is 31.0 Å². The van der Waals surface area contributed by atoms with Crippen LogP contribution in [0.4, 0.5) is 0 Å². The predicted molar refractivity (Wildman–Crippen MR) is 105 cm³/mol. The molecule has 4 aromatic rings. The number of nitrogens with zero attached hydrogens (tertiary/aromatic N) is 2. The molecular weight excluding hydrogens is 340 g/mol. The molecule has 5 heteroatoms. The van der Waals surface area contributed by atoms with E-state index in [1.807, 2.05) is 42.7 Å². The number of benzene rings is 2. The van der Waals surface area contributed by atoms with E-state index in [1.54, 1.807) is 12.1 Å². The number of fused-ring (bicyclic) bond motifs is 1. The molecule has 5 nitrogen and oxygen atoms in total. The smallest absolute Gasteiger partial charge is 0.336 e. The van der Waals surface area contributed by atoms with Crippen molar-refractivity contribution in [1.29, 1.82) is 0 Å². The number of imidazole rings is 1. The van der Waals surface area contributed by atoms with Gasteiger partial charge in [-0.3, -0.25) is 0 Å². The second-order valence-corrected chi connectivity index (χ2v) is 6.32. The zero-order valence-electron chi connectivity index (χ0n) is 14.9. The van der Waals surface area contributed by atoms with E-state index in [0.717, 1.165) is 36.2 Å². The minimum atomic E-state index is -0.353. The zero-order chi connectivity index (χ0) is 18.5. The molecule has 2 heterocycles. The molecule has 0 bridgehead atoms. The maximum atomic E-state index is 11.3. The SMILES string of the molecule is O=c1ccc2ccc(OCCCCn3ccnc3-c3ccccc3)cc2o1. The Hall–Kier alpha value is -3.34. The minimum absolute atomic E-state index is 0.353. The molecule has 0 spiro atoms. The van der Waals surface area contributed by atoms with Crippen LogP contribution in [0.1, 0.15) is 12.8 Å². The van der Waals surface area contributed by atoms with Crippen LogP contribution in [-0.2, 0) is 6.54 Å². The van der Waals surface area contributed by atoms with Gasteiger partial charge < -0.3 is 13.7 Å². The van der Waals surface area contributed by atoms with Crippen LogP contribution in [0.3, 0.4) is 0 Å². The first-order valence-electron chi connectivity index (χ1n) is 9.03. The van der Waals surface area contributed by atoms with Crippen LogP contribution in [0.25, 0.3) is 22.4 Å². The number of hydrogen-bond donors (Lipinski definition) is 0. The molecule has 2 aromatic carbocycles. The van der Waals surface area contributed by atoms with E-state index in [0.29, 0.717) is 17.9 Å². The summed E-state index contributed by atoms with van der Waals surface area (Å²) in [6.07, 6.45) is 5.75. The van der Waals surface area contributed by atoms with E-state index in [4.69, 9.17) is 9.15 Å². The molecule has 0 N–H and O–H groups in total. The van der Waals surface area contributed by atoms with E-state index in [-0.39, 0.29) is 5.63 Å². The lowest BCUT2D eigenvalue weighted by Gasteiger charge is -2.09. The molecule has 0 unspecified atom stereocenters. The van der Waals surface area contributed by atoms with Crippen LogP contribution in [-0.4, -0.2) is 16.2 Å². The second kappa shape index (κ2) is 7.91. The number of hydrogen-bond acceptors (Lipinski definition) is 4. The van der Waals surface area contributed by atoms with Crippen LogP contribution in [0.15, 0.2) is 82.3 Å². The monoisotopic (exact) mass is 360 g/mol. The fourth-order valence-corrected chi connectivity index (χ4v) is 3.04. The van der Waals surface area contributed by atoms with E-state index < -0.39 is 0 Å².